The molecule has 6 nitrogen and oxygen atoms in total. The van der Waals surface area contributed by atoms with E-state index < -0.39 is 6.10 Å². The van der Waals surface area contributed by atoms with Crippen molar-refractivity contribution in [3.63, 3.8) is 0 Å². The van der Waals surface area contributed by atoms with Crippen LogP contribution in [0.15, 0.2) is 30.3 Å². The van der Waals surface area contributed by atoms with Crippen LogP contribution in [0.4, 0.5) is 5.69 Å². The number of hydrogen-bond donors (Lipinski definition) is 4. The summed E-state index contributed by atoms with van der Waals surface area (Å²) in [5, 5.41) is 13.4. The Balaban J connectivity index is 2.44. The standard InChI is InChI=1S/C19H31N3O3S/c1-3-5-9-15(13-17(23)14-25-12-4-2)18(24)21-22-19(26)20-16-10-7-6-8-11-16/h6-8,10-11,15,17,23H,3-5,9,12-14H2,1-2H3,(H,21,24)(H2,20,22,26). The molecule has 0 saturated carbocycles. The second-order valence-corrected chi connectivity index (χ2v) is 6.65. The van der Waals surface area contributed by atoms with Gasteiger partial charge < -0.3 is 15.2 Å². The molecule has 146 valence electrons. The van der Waals surface area contributed by atoms with E-state index in [4.69, 9.17) is 17.0 Å². The van der Waals surface area contributed by atoms with Crippen molar-refractivity contribution in [2.45, 2.75) is 52.1 Å². The number of para-hydroxylation sites is 1. The van der Waals surface area contributed by atoms with Crippen molar-refractivity contribution in [1.82, 2.24) is 10.9 Å². The van der Waals surface area contributed by atoms with Crippen molar-refractivity contribution in [1.29, 1.82) is 0 Å². The lowest BCUT2D eigenvalue weighted by Gasteiger charge is -2.20. The van der Waals surface area contributed by atoms with Gasteiger partial charge >= 0.3 is 0 Å². The van der Waals surface area contributed by atoms with E-state index in [2.05, 4.69) is 23.1 Å². The van der Waals surface area contributed by atoms with E-state index >= 15 is 0 Å². The average molecular weight is 382 g/mol. The number of amides is 1. The minimum absolute atomic E-state index is 0.176. The predicted octanol–water partition coefficient (Wildman–Crippen LogP) is 2.99. The van der Waals surface area contributed by atoms with Crippen LogP contribution in [-0.2, 0) is 9.53 Å². The molecule has 1 aromatic rings. The van der Waals surface area contributed by atoms with E-state index in [1.807, 2.05) is 37.3 Å². The van der Waals surface area contributed by atoms with Crippen LogP contribution in [-0.4, -0.2) is 35.4 Å². The summed E-state index contributed by atoms with van der Waals surface area (Å²) in [6.45, 7) is 4.96. The minimum atomic E-state index is -0.649. The summed E-state index contributed by atoms with van der Waals surface area (Å²) >= 11 is 5.18. The number of aliphatic hydroxyl groups is 1. The summed E-state index contributed by atoms with van der Waals surface area (Å²) in [7, 11) is 0. The molecule has 0 bridgehead atoms. The highest BCUT2D eigenvalue weighted by Gasteiger charge is 2.22. The molecule has 1 rings (SSSR count). The van der Waals surface area contributed by atoms with Crippen LogP contribution in [0.1, 0.15) is 46.0 Å². The van der Waals surface area contributed by atoms with Crippen LogP contribution in [0, 0.1) is 5.92 Å². The Morgan fingerprint density at radius 2 is 1.92 bits per heavy atom. The molecule has 0 aromatic heterocycles. The number of thiocarbonyl (C=S) groups is 1. The summed E-state index contributed by atoms with van der Waals surface area (Å²) in [5.74, 6) is -0.465. The molecule has 26 heavy (non-hydrogen) atoms. The fraction of sp³-hybridized carbons (Fsp3) is 0.579. The van der Waals surface area contributed by atoms with E-state index in [-0.39, 0.29) is 18.4 Å². The molecule has 1 amide bonds. The highest BCUT2D eigenvalue weighted by atomic mass is 32.1. The highest BCUT2D eigenvalue weighted by molar-refractivity contribution is 7.80. The fourth-order valence-corrected chi connectivity index (χ4v) is 2.64. The van der Waals surface area contributed by atoms with Crippen LogP contribution in [0.25, 0.3) is 0 Å². The van der Waals surface area contributed by atoms with Gasteiger partial charge in [0, 0.05) is 18.2 Å². The lowest BCUT2D eigenvalue weighted by Crippen LogP contribution is -2.46. The van der Waals surface area contributed by atoms with Gasteiger partial charge in [-0.05, 0) is 43.6 Å². The molecule has 0 radical (unpaired) electrons. The third-order valence-electron chi connectivity index (χ3n) is 3.82. The largest absolute Gasteiger partial charge is 0.391 e. The van der Waals surface area contributed by atoms with Gasteiger partial charge in [-0.15, -0.1) is 0 Å². The van der Waals surface area contributed by atoms with Crippen molar-refractivity contribution in [3.05, 3.63) is 30.3 Å². The van der Waals surface area contributed by atoms with Gasteiger partial charge in [0.05, 0.1) is 12.7 Å². The first-order valence-corrected chi connectivity index (χ1v) is 9.65. The first-order valence-electron chi connectivity index (χ1n) is 9.24. The average Bonchev–Trinajstić information content (AvgIpc) is 2.64. The summed E-state index contributed by atoms with van der Waals surface area (Å²) in [6, 6.07) is 9.47. The van der Waals surface area contributed by atoms with Gasteiger partial charge in [0.15, 0.2) is 5.11 Å². The van der Waals surface area contributed by atoms with Crippen molar-refractivity contribution >= 4 is 28.9 Å². The van der Waals surface area contributed by atoms with Crippen molar-refractivity contribution < 1.29 is 14.6 Å². The maximum atomic E-state index is 12.5. The van der Waals surface area contributed by atoms with Crippen LogP contribution in [0.3, 0.4) is 0 Å². The second-order valence-electron chi connectivity index (χ2n) is 6.24. The predicted molar refractivity (Wildman–Crippen MR) is 109 cm³/mol. The Kier molecular flexibility index (Phi) is 11.6. The maximum Gasteiger partial charge on any atom is 0.241 e. The van der Waals surface area contributed by atoms with Crippen molar-refractivity contribution in [2.24, 2.45) is 5.92 Å². The maximum absolute atomic E-state index is 12.5. The van der Waals surface area contributed by atoms with Crippen LogP contribution >= 0.6 is 12.2 Å². The van der Waals surface area contributed by atoms with Gasteiger partial charge in [0.2, 0.25) is 5.91 Å². The molecule has 0 spiro atoms. The Bertz CT molecular complexity index is 528. The van der Waals surface area contributed by atoms with Gasteiger partial charge in [-0.25, -0.2) is 0 Å². The number of ether oxygens (including phenoxy) is 1. The van der Waals surface area contributed by atoms with Gasteiger partial charge in [-0.2, -0.15) is 0 Å². The number of rotatable bonds is 11. The van der Waals surface area contributed by atoms with Gasteiger partial charge in [-0.3, -0.25) is 15.6 Å². The van der Waals surface area contributed by atoms with E-state index in [0.717, 1.165) is 24.9 Å². The smallest absolute Gasteiger partial charge is 0.241 e. The number of aliphatic hydroxyl groups excluding tert-OH is 1. The van der Waals surface area contributed by atoms with Gasteiger partial charge in [0.25, 0.3) is 0 Å². The van der Waals surface area contributed by atoms with Crippen LogP contribution in [0.2, 0.25) is 0 Å². The zero-order chi connectivity index (χ0) is 19.2. The molecule has 4 N–H and O–H groups in total. The Morgan fingerprint density at radius 3 is 2.58 bits per heavy atom. The number of benzene rings is 1. The summed E-state index contributed by atoms with van der Waals surface area (Å²) in [6.07, 6.45) is 3.26. The lowest BCUT2D eigenvalue weighted by atomic mass is 9.95. The molecule has 0 aliphatic heterocycles. The topological polar surface area (TPSA) is 82.6 Å². The van der Waals surface area contributed by atoms with Gasteiger partial charge in [-0.1, -0.05) is 44.9 Å². The number of carbonyl (C=O) groups excluding carboxylic acids is 1. The Hall–Kier alpha value is -1.70. The molecule has 0 fully saturated rings. The van der Waals surface area contributed by atoms with Crippen molar-refractivity contribution in [2.75, 3.05) is 18.5 Å². The normalized spacial score (nSPS) is 12.9. The summed E-state index contributed by atoms with van der Waals surface area (Å²) in [4.78, 5) is 12.5. The first kappa shape index (κ1) is 22.3. The fourth-order valence-electron chi connectivity index (χ4n) is 2.47. The molecule has 7 heteroatoms. The molecule has 0 aliphatic rings. The number of nitrogens with one attached hydrogen (secondary N) is 3. The third-order valence-corrected chi connectivity index (χ3v) is 4.03. The van der Waals surface area contributed by atoms with E-state index in [1.165, 1.54) is 0 Å². The molecule has 2 atom stereocenters. The van der Waals surface area contributed by atoms with E-state index in [0.29, 0.717) is 24.6 Å². The highest BCUT2D eigenvalue weighted by Crippen LogP contribution is 2.16. The van der Waals surface area contributed by atoms with Crippen LogP contribution in [0.5, 0.6) is 0 Å². The molecule has 0 saturated heterocycles. The monoisotopic (exact) mass is 381 g/mol. The van der Waals surface area contributed by atoms with E-state index in [9.17, 15) is 9.90 Å². The molecular weight excluding hydrogens is 350 g/mol. The first-order chi connectivity index (χ1) is 12.6. The number of anilines is 1. The number of hydrazine groups is 1. The second kappa shape index (κ2) is 13.5. The molecule has 0 aliphatic carbocycles. The van der Waals surface area contributed by atoms with Crippen LogP contribution < -0.4 is 16.2 Å². The Morgan fingerprint density at radius 1 is 1.19 bits per heavy atom. The number of carbonyl (C=O) groups is 1. The van der Waals surface area contributed by atoms with E-state index in [1.54, 1.807) is 0 Å². The minimum Gasteiger partial charge on any atom is -0.391 e. The van der Waals surface area contributed by atoms with Gasteiger partial charge in [0.1, 0.15) is 0 Å². The molecule has 2 unspecified atom stereocenters. The molecule has 1 aromatic carbocycles. The Labute approximate surface area is 161 Å². The number of unbranched alkanes of at least 4 members (excludes halogenated alkanes) is 1. The number of hydrogen-bond acceptors (Lipinski definition) is 4. The molecular formula is C19H31N3O3S. The lowest BCUT2D eigenvalue weighted by molar-refractivity contribution is -0.127. The molecule has 0 heterocycles. The third kappa shape index (κ3) is 9.70. The quantitative estimate of drug-likeness (QED) is 0.268. The SMILES string of the molecule is CCCCC(CC(O)COCCC)C(=O)NNC(=S)Nc1ccccc1. The summed E-state index contributed by atoms with van der Waals surface area (Å²) in [5.41, 5.74) is 6.20. The zero-order valence-electron chi connectivity index (χ0n) is 15.7. The zero-order valence-corrected chi connectivity index (χ0v) is 16.5. The summed E-state index contributed by atoms with van der Waals surface area (Å²) < 4.78 is 5.37. The van der Waals surface area contributed by atoms with Crippen molar-refractivity contribution in [3.8, 4) is 0 Å².